The number of hydrogen-bond acceptors (Lipinski definition) is 3. The Labute approximate surface area is 103 Å². The lowest BCUT2D eigenvalue weighted by Crippen LogP contribution is -2.13. The van der Waals surface area contributed by atoms with Gasteiger partial charge in [-0.25, -0.2) is 0 Å². The van der Waals surface area contributed by atoms with E-state index in [1.54, 1.807) is 6.92 Å². The van der Waals surface area contributed by atoms with Crippen molar-refractivity contribution in [3.8, 4) is 11.8 Å². The monoisotopic (exact) mass is 233 g/mol. The summed E-state index contributed by atoms with van der Waals surface area (Å²) in [6, 6.07) is 9.59. The Morgan fingerprint density at radius 1 is 1.35 bits per heavy atom. The van der Waals surface area contributed by atoms with Crippen LogP contribution in [0.15, 0.2) is 24.3 Å². The molecule has 1 aromatic rings. The molecule has 0 saturated carbocycles. The van der Waals surface area contributed by atoms with Crippen LogP contribution in [0.1, 0.15) is 38.9 Å². The van der Waals surface area contributed by atoms with Crippen LogP contribution in [0.3, 0.4) is 0 Å². The first-order valence-electron chi connectivity index (χ1n) is 5.77. The molecule has 0 aliphatic carbocycles. The summed E-state index contributed by atoms with van der Waals surface area (Å²) in [6.07, 6.45) is 0.239. The van der Waals surface area contributed by atoms with Gasteiger partial charge >= 0.3 is 0 Å². The van der Waals surface area contributed by atoms with Gasteiger partial charge in [-0.2, -0.15) is 5.26 Å². The number of nitrogens with zero attached hydrogens (tertiary/aromatic N) is 1. The van der Waals surface area contributed by atoms with Gasteiger partial charge in [0, 0.05) is 0 Å². The van der Waals surface area contributed by atoms with Gasteiger partial charge < -0.3 is 9.84 Å². The van der Waals surface area contributed by atoms with Crippen molar-refractivity contribution in [2.45, 2.75) is 33.3 Å². The zero-order valence-corrected chi connectivity index (χ0v) is 10.6. The summed E-state index contributed by atoms with van der Waals surface area (Å²) in [5, 5.41) is 18.2. The minimum absolute atomic E-state index is 0.348. The largest absolute Gasteiger partial charge is 0.494 e. The summed E-state index contributed by atoms with van der Waals surface area (Å²) in [5.41, 5.74) is 0.522. The second-order valence-corrected chi connectivity index (χ2v) is 4.84. The summed E-state index contributed by atoms with van der Waals surface area (Å²) in [6.45, 7) is 6.04. The fraction of sp³-hybridized carbons (Fsp3) is 0.500. The summed E-state index contributed by atoms with van der Waals surface area (Å²) in [7, 11) is 0. The van der Waals surface area contributed by atoms with Crippen molar-refractivity contribution >= 4 is 0 Å². The van der Waals surface area contributed by atoms with Crippen molar-refractivity contribution in [2.24, 2.45) is 5.41 Å². The number of aliphatic hydroxyl groups excluding tert-OH is 1. The highest BCUT2D eigenvalue weighted by Gasteiger charge is 2.16. The Kier molecular flexibility index (Phi) is 4.53. The summed E-state index contributed by atoms with van der Waals surface area (Å²) in [5.74, 6) is 0.767. The van der Waals surface area contributed by atoms with Gasteiger partial charge in [0.2, 0.25) is 0 Å². The molecule has 0 aliphatic heterocycles. The van der Waals surface area contributed by atoms with Gasteiger partial charge in [-0.15, -0.1) is 0 Å². The first-order valence-corrected chi connectivity index (χ1v) is 5.77. The Morgan fingerprint density at radius 3 is 2.41 bits per heavy atom. The molecule has 1 N–H and O–H groups in total. The van der Waals surface area contributed by atoms with Crippen molar-refractivity contribution < 1.29 is 9.84 Å². The molecule has 0 bridgehead atoms. The van der Waals surface area contributed by atoms with Crippen LogP contribution in [0.2, 0.25) is 0 Å². The molecule has 0 amide bonds. The van der Waals surface area contributed by atoms with Gasteiger partial charge in [0.05, 0.1) is 24.2 Å². The third kappa shape index (κ3) is 4.46. The molecule has 3 nitrogen and oxygen atoms in total. The van der Waals surface area contributed by atoms with Gasteiger partial charge in [-0.05, 0) is 44.9 Å². The van der Waals surface area contributed by atoms with Crippen molar-refractivity contribution in [2.75, 3.05) is 6.61 Å². The molecule has 92 valence electrons. The number of nitriles is 1. The van der Waals surface area contributed by atoms with E-state index in [0.717, 1.165) is 11.3 Å². The first-order chi connectivity index (χ1) is 7.94. The molecule has 0 aliphatic rings. The SMILES string of the molecule is C[C@H](O)c1ccc(OCCC(C)(C)C#N)cc1. The highest BCUT2D eigenvalue weighted by molar-refractivity contribution is 5.28. The standard InChI is InChI=1S/C14H19NO2/c1-11(16)12-4-6-13(7-5-12)17-9-8-14(2,3)10-15/h4-7,11,16H,8-9H2,1-3H3/t11-/m0/s1. The van der Waals surface area contributed by atoms with Crippen LogP contribution in [0, 0.1) is 16.7 Å². The maximum absolute atomic E-state index is 9.35. The van der Waals surface area contributed by atoms with E-state index >= 15 is 0 Å². The van der Waals surface area contributed by atoms with Crippen LogP contribution >= 0.6 is 0 Å². The molecule has 1 rings (SSSR count). The maximum atomic E-state index is 9.35. The third-order valence-electron chi connectivity index (χ3n) is 2.66. The average Bonchev–Trinajstić information content (AvgIpc) is 2.29. The van der Waals surface area contributed by atoms with Crippen molar-refractivity contribution in [1.82, 2.24) is 0 Å². The second kappa shape index (κ2) is 5.70. The van der Waals surface area contributed by atoms with Crippen LogP contribution in [-0.2, 0) is 0 Å². The van der Waals surface area contributed by atoms with E-state index in [-0.39, 0.29) is 5.41 Å². The lowest BCUT2D eigenvalue weighted by Gasteiger charge is -2.15. The molecule has 1 aromatic carbocycles. The van der Waals surface area contributed by atoms with Crippen molar-refractivity contribution in [3.63, 3.8) is 0 Å². The Hall–Kier alpha value is -1.53. The molecule has 0 radical (unpaired) electrons. The highest BCUT2D eigenvalue weighted by Crippen LogP contribution is 2.21. The summed E-state index contributed by atoms with van der Waals surface area (Å²) >= 11 is 0. The van der Waals surface area contributed by atoms with E-state index in [1.807, 2.05) is 38.1 Å². The number of ether oxygens (including phenoxy) is 1. The molecule has 0 spiro atoms. The highest BCUT2D eigenvalue weighted by atomic mass is 16.5. The predicted octanol–water partition coefficient (Wildman–Crippen LogP) is 3.06. The zero-order chi connectivity index (χ0) is 12.9. The average molecular weight is 233 g/mol. The molecule has 0 fully saturated rings. The van der Waals surface area contributed by atoms with Gasteiger partial charge in [-0.3, -0.25) is 0 Å². The number of rotatable bonds is 5. The Bertz CT molecular complexity index is 388. The minimum atomic E-state index is -0.457. The molecule has 3 heteroatoms. The van der Waals surface area contributed by atoms with E-state index in [4.69, 9.17) is 10.00 Å². The van der Waals surface area contributed by atoms with Crippen LogP contribution in [0.25, 0.3) is 0 Å². The molecule has 0 heterocycles. The fourth-order valence-corrected chi connectivity index (χ4v) is 1.32. The molecule has 0 unspecified atom stereocenters. The lowest BCUT2D eigenvalue weighted by molar-refractivity contribution is 0.199. The van der Waals surface area contributed by atoms with E-state index in [2.05, 4.69) is 6.07 Å². The van der Waals surface area contributed by atoms with Crippen molar-refractivity contribution in [3.05, 3.63) is 29.8 Å². The molecular weight excluding hydrogens is 214 g/mol. The van der Waals surface area contributed by atoms with E-state index in [0.29, 0.717) is 13.0 Å². The predicted molar refractivity (Wildman–Crippen MR) is 66.6 cm³/mol. The van der Waals surface area contributed by atoms with Gasteiger partial charge in [-0.1, -0.05) is 12.1 Å². The van der Waals surface area contributed by atoms with Gasteiger partial charge in [0.1, 0.15) is 5.75 Å². The molecule has 0 aromatic heterocycles. The molecule has 1 atom stereocenters. The van der Waals surface area contributed by atoms with Gasteiger partial charge in [0.25, 0.3) is 0 Å². The van der Waals surface area contributed by atoms with E-state index < -0.39 is 6.10 Å². The Balaban J connectivity index is 2.46. The maximum Gasteiger partial charge on any atom is 0.119 e. The van der Waals surface area contributed by atoms with Crippen molar-refractivity contribution in [1.29, 1.82) is 5.26 Å². The van der Waals surface area contributed by atoms with Crippen LogP contribution < -0.4 is 4.74 Å². The first kappa shape index (κ1) is 13.5. The second-order valence-electron chi connectivity index (χ2n) is 4.84. The topological polar surface area (TPSA) is 53.2 Å². The third-order valence-corrected chi connectivity index (χ3v) is 2.66. The number of aliphatic hydroxyl groups is 1. The van der Waals surface area contributed by atoms with Crippen LogP contribution in [0.4, 0.5) is 0 Å². The normalized spacial score (nSPS) is 12.9. The minimum Gasteiger partial charge on any atom is -0.494 e. The van der Waals surface area contributed by atoms with E-state index in [1.165, 1.54) is 0 Å². The number of hydrogen-bond donors (Lipinski definition) is 1. The van der Waals surface area contributed by atoms with E-state index in [9.17, 15) is 5.11 Å². The lowest BCUT2D eigenvalue weighted by atomic mass is 9.92. The number of benzene rings is 1. The smallest absolute Gasteiger partial charge is 0.119 e. The fourth-order valence-electron chi connectivity index (χ4n) is 1.32. The quantitative estimate of drug-likeness (QED) is 0.850. The van der Waals surface area contributed by atoms with Gasteiger partial charge in [0.15, 0.2) is 0 Å². The Morgan fingerprint density at radius 2 is 1.94 bits per heavy atom. The zero-order valence-electron chi connectivity index (χ0n) is 10.6. The van der Waals surface area contributed by atoms with Crippen LogP contribution in [-0.4, -0.2) is 11.7 Å². The molecular formula is C14H19NO2. The molecule has 0 saturated heterocycles. The summed E-state index contributed by atoms with van der Waals surface area (Å²) < 4.78 is 5.55. The summed E-state index contributed by atoms with van der Waals surface area (Å²) in [4.78, 5) is 0. The van der Waals surface area contributed by atoms with Crippen LogP contribution in [0.5, 0.6) is 5.75 Å². The molecule has 17 heavy (non-hydrogen) atoms.